The summed E-state index contributed by atoms with van der Waals surface area (Å²) in [5, 5.41) is 0. The van der Waals surface area contributed by atoms with Crippen LogP contribution in [0.15, 0.2) is 72.8 Å². The normalized spacial score (nSPS) is 12.0. The van der Waals surface area contributed by atoms with Gasteiger partial charge in [-0.1, -0.05) is 72.8 Å². The molecule has 0 aliphatic heterocycles. The minimum atomic E-state index is 0.996. The predicted molar refractivity (Wildman–Crippen MR) is 84.2 cm³/mol. The number of hydrogen-bond donors (Lipinski definition) is 0. The zero-order valence-corrected chi connectivity index (χ0v) is 11.6. The summed E-state index contributed by atoms with van der Waals surface area (Å²) in [5.74, 6) is 0. The maximum Gasteiger partial charge on any atom is -0.00258 e. The van der Waals surface area contributed by atoms with E-state index in [0.717, 1.165) is 6.42 Å². The summed E-state index contributed by atoms with van der Waals surface area (Å²) >= 11 is 0. The van der Waals surface area contributed by atoms with Crippen LogP contribution in [0.5, 0.6) is 0 Å². The molecule has 0 saturated carbocycles. The van der Waals surface area contributed by atoms with Crippen molar-refractivity contribution >= 4 is 5.57 Å². The van der Waals surface area contributed by atoms with Gasteiger partial charge in [-0.2, -0.15) is 0 Å². The Bertz CT molecular complexity index is 557. The number of rotatable bonds is 4. The monoisotopic (exact) mass is 248 g/mol. The van der Waals surface area contributed by atoms with Crippen LogP contribution in [-0.4, -0.2) is 0 Å². The summed E-state index contributed by atoms with van der Waals surface area (Å²) in [6, 6.07) is 19.4. The maximum absolute atomic E-state index is 2.22. The average molecular weight is 248 g/mol. The van der Waals surface area contributed by atoms with Crippen LogP contribution in [0.25, 0.3) is 5.57 Å². The van der Waals surface area contributed by atoms with Gasteiger partial charge in [0.15, 0.2) is 0 Å². The summed E-state index contributed by atoms with van der Waals surface area (Å²) in [4.78, 5) is 0. The molecule has 0 radical (unpaired) electrons. The van der Waals surface area contributed by atoms with Crippen molar-refractivity contribution in [1.29, 1.82) is 0 Å². The van der Waals surface area contributed by atoms with Crippen LogP contribution in [0, 0.1) is 0 Å². The molecule has 2 aromatic carbocycles. The Morgan fingerprint density at radius 1 is 0.842 bits per heavy atom. The fraction of sp³-hybridized carbons (Fsp3) is 0.158. The SMILES string of the molecule is C/C=C\C(=C/C)c1ccc(Cc2ccccc2)cc1. The van der Waals surface area contributed by atoms with Gasteiger partial charge in [0.25, 0.3) is 0 Å². The van der Waals surface area contributed by atoms with Crippen LogP contribution in [-0.2, 0) is 6.42 Å². The van der Waals surface area contributed by atoms with E-state index < -0.39 is 0 Å². The second-order valence-electron chi connectivity index (χ2n) is 4.60. The van der Waals surface area contributed by atoms with E-state index in [0.29, 0.717) is 0 Å². The Morgan fingerprint density at radius 2 is 1.47 bits per heavy atom. The summed E-state index contributed by atoms with van der Waals surface area (Å²) in [7, 11) is 0. The Balaban J connectivity index is 2.15. The molecular weight excluding hydrogens is 228 g/mol. The highest BCUT2D eigenvalue weighted by atomic mass is 14.0. The fourth-order valence-electron chi connectivity index (χ4n) is 2.19. The molecule has 0 atom stereocenters. The summed E-state index contributed by atoms with van der Waals surface area (Å²) in [6.45, 7) is 4.13. The molecule has 96 valence electrons. The molecule has 0 heterocycles. The van der Waals surface area contributed by atoms with Gasteiger partial charge >= 0.3 is 0 Å². The van der Waals surface area contributed by atoms with Gasteiger partial charge in [-0.05, 0) is 42.5 Å². The van der Waals surface area contributed by atoms with Gasteiger partial charge in [0, 0.05) is 0 Å². The van der Waals surface area contributed by atoms with Gasteiger partial charge in [-0.3, -0.25) is 0 Å². The third-order valence-electron chi connectivity index (χ3n) is 3.20. The van der Waals surface area contributed by atoms with Gasteiger partial charge in [-0.25, -0.2) is 0 Å². The first-order valence-electron chi connectivity index (χ1n) is 6.75. The van der Waals surface area contributed by atoms with Gasteiger partial charge in [-0.15, -0.1) is 0 Å². The molecule has 0 aromatic heterocycles. The molecule has 0 saturated heterocycles. The van der Waals surface area contributed by atoms with Gasteiger partial charge in [0.05, 0.1) is 0 Å². The number of benzene rings is 2. The standard InChI is InChI=1S/C19H20/c1-3-8-18(4-2)19-13-11-17(12-14-19)15-16-9-6-5-7-10-16/h3-14H,15H2,1-2H3/b8-3-,18-4+. The molecule has 0 unspecified atom stereocenters. The Morgan fingerprint density at radius 3 is 2.05 bits per heavy atom. The van der Waals surface area contributed by atoms with Crippen LogP contribution in [0.1, 0.15) is 30.5 Å². The van der Waals surface area contributed by atoms with E-state index in [1.807, 2.05) is 6.92 Å². The zero-order valence-electron chi connectivity index (χ0n) is 11.6. The van der Waals surface area contributed by atoms with Crippen molar-refractivity contribution in [1.82, 2.24) is 0 Å². The lowest BCUT2D eigenvalue weighted by atomic mass is 10.00. The first-order valence-corrected chi connectivity index (χ1v) is 6.75. The van der Waals surface area contributed by atoms with Crippen molar-refractivity contribution in [3.8, 4) is 0 Å². The van der Waals surface area contributed by atoms with Crippen LogP contribution < -0.4 is 0 Å². The molecule has 0 amide bonds. The zero-order chi connectivity index (χ0) is 13.5. The van der Waals surface area contributed by atoms with Crippen LogP contribution in [0.4, 0.5) is 0 Å². The average Bonchev–Trinajstić information content (AvgIpc) is 2.47. The molecule has 0 bridgehead atoms. The lowest BCUT2D eigenvalue weighted by Crippen LogP contribution is -1.88. The number of allylic oxidation sites excluding steroid dienone is 4. The Hall–Kier alpha value is -2.08. The van der Waals surface area contributed by atoms with Crippen molar-refractivity contribution in [2.75, 3.05) is 0 Å². The first-order chi connectivity index (χ1) is 9.33. The van der Waals surface area contributed by atoms with Crippen LogP contribution >= 0.6 is 0 Å². The third-order valence-corrected chi connectivity index (χ3v) is 3.20. The first kappa shape index (κ1) is 13.4. The molecule has 0 aliphatic rings. The lowest BCUT2D eigenvalue weighted by Gasteiger charge is -2.05. The molecule has 0 fully saturated rings. The van der Waals surface area contributed by atoms with Gasteiger partial charge < -0.3 is 0 Å². The van der Waals surface area contributed by atoms with Crippen molar-refractivity contribution in [3.05, 3.63) is 89.5 Å². The van der Waals surface area contributed by atoms with Crippen molar-refractivity contribution in [2.45, 2.75) is 20.3 Å². The highest BCUT2D eigenvalue weighted by Gasteiger charge is 1.99. The van der Waals surface area contributed by atoms with Crippen LogP contribution in [0.3, 0.4) is 0 Å². The molecule has 19 heavy (non-hydrogen) atoms. The maximum atomic E-state index is 2.22. The van der Waals surface area contributed by atoms with Gasteiger partial charge in [0.1, 0.15) is 0 Å². The Labute approximate surface area is 116 Å². The Kier molecular flexibility index (Phi) is 4.74. The van der Waals surface area contributed by atoms with E-state index in [-0.39, 0.29) is 0 Å². The summed E-state index contributed by atoms with van der Waals surface area (Å²) < 4.78 is 0. The van der Waals surface area contributed by atoms with E-state index in [4.69, 9.17) is 0 Å². The molecular formula is C19H20. The third kappa shape index (κ3) is 3.69. The molecule has 0 N–H and O–H groups in total. The predicted octanol–water partition coefficient (Wildman–Crippen LogP) is 5.26. The van der Waals surface area contributed by atoms with E-state index in [2.05, 4.69) is 79.7 Å². The van der Waals surface area contributed by atoms with Crippen molar-refractivity contribution in [3.63, 3.8) is 0 Å². The van der Waals surface area contributed by atoms with Crippen molar-refractivity contribution in [2.24, 2.45) is 0 Å². The minimum absolute atomic E-state index is 0.996. The highest BCUT2D eigenvalue weighted by Crippen LogP contribution is 2.18. The fourth-order valence-corrected chi connectivity index (χ4v) is 2.19. The molecule has 2 aromatic rings. The van der Waals surface area contributed by atoms with E-state index in [1.165, 1.54) is 22.3 Å². The highest BCUT2D eigenvalue weighted by molar-refractivity contribution is 5.73. The van der Waals surface area contributed by atoms with Crippen molar-refractivity contribution < 1.29 is 0 Å². The van der Waals surface area contributed by atoms with Gasteiger partial charge in [0.2, 0.25) is 0 Å². The number of hydrogen-bond acceptors (Lipinski definition) is 0. The molecule has 0 heteroatoms. The van der Waals surface area contributed by atoms with E-state index in [1.54, 1.807) is 0 Å². The lowest BCUT2D eigenvalue weighted by molar-refractivity contribution is 1.19. The molecule has 2 rings (SSSR count). The molecule has 0 aliphatic carbocycles. The smallest absolute Gasteiger partial charge is 0.00258 e. The summed E-state index contributed by atoms with van der Waals surface area (Å²) in [6.07, 6.45) is 7.36. The van der Waals surface area contributed by atoms with E-state index >= 15 is 0 Å². The largest absolute Gasteiger partial charge is 0.0871 e. The molecule has 0 nitrogen and oxygen atoms in total. The molecule has 0 spiro atoms. The second kappa shape index (κ2) is 6.75. The van der Waals surface area contributed by atoms with Crippen LogP contribution in [0.2, 0.25) is 0 Å². The quantitative estimate of drug-likeness (QED) is 0.648. The minimum Gasteiger partial charge on any atom is -0.0871 e. The van der Waals surface area contributed by atoms with E-state index in [9.17, 15) is 0 Å². The second-order valence-corrected chi connectivity index (χ2v) is 4.60. The topological polar surface area (TPSA) is 0 Å². The summed E-state index contributed by atoms with van der Waals surface area (Å²) in [5.41, 5.74) is 5.26.